The molecule has 24 heavy (non-hydrogen) atoms. The largest absolute Gasteiger partial charge is 0.346 e. The number of hydrogen-bond donors (Lipinski definition) is 1. The molecule has 0 saturated heterocycles. The van der Waals surface area contributed by atoms with Crippen molar-refractivity contribution in [2.75, 3.05) is 5.75 Å². The Morgan fingerprint density at radius 2 is 2.00 bits per heavy atom. The molecule has 1 amide bonds. The summed E-state index contributed by atoms with van der Waals surface area (Å²) < 4.78 is 14.7. The highest BCUT2D eigenvalue weighted by atomic mass is 32.2. The van der Waals surface area contributed by atoms with E-state index in [1.807, 2.05) is 0 Å². The summed E-state index contributed by atoms with van der Waals surface area (Å²) in [4.78, 5) is 35.1. The number of halogens is 1. The first-order valence-corrected chi connectivity index (χ1v) is 7.71. The SMILES string of the molecule is Cn1nc(SCC(=O)N/N=C\c2ccc(F)cc2)c(=O)n(C)c1=O. The van der Waals surface area contributed by atoms with E-state index in [2.05, 4.69) is 15.6 Å². The lowest BCUT2D eigenvalue weighted by Crippen LogP contribution is -2.39. The minimum atomic E-state index is -0.564. The van der Waals surface area contributed by atoms with E-state index >= 15 is 0 Å². The van der Waals surface area contributed by atoms with Gasteiger partial charge in [-0.25, -0.2) is 19.3 Å². The highest BCUT2D eigenvalue weighted by molar-refractivity contribution is 7.99. The molecule has 0 radical (unpaired) electrons. The molecule has 8 nitrogen and oxygen atoms in total. The molecule has 0 saturated carbocycles. The number of hydrogen-bond acceptors (Lipinski definition) is 6. The van der Waals surface area contributed by atoms with E-state index < -0.39 is 17.2 Å². The Morgan fingerprint density at radius 3 is 2.67 bits per heavy atom. The van der Waals surface area contributed by atoms with Gasteiger partial charge in [0.25, 0.3) is 5.56 Å². The van der Waals surface area contributed by atoms with Crippen molar-refractivity contribution in [1.82, 2.24) is 19.8 Å². The number of thioether (sulfide) groups is 1. The second kappa shape index (κ2) is 7.68. The van der Waals surface area contributed by atoms with Crippen LogP contribution in [-0.4, -0.2) is 32.2 Å². The van der Waals surface area contributed by atoms with Crippen LogP contribution in [-0.2, 0) is 18.9 Å². The first-order valence-electron chi connectivity index (χ1n) is 6.73. The van der Waals surface area contributed by atoms with Crippen molar-refractivity contribution in [3.05, 3.63) is 56.5 Å². The van der Waals surface area contributed by atoms with Crippen LogP contribution >= 0.6 is 11.8 Å². The van der Waals surface area contributed by atoms with Crippen LogP contribution in [0.15, 0.2) is 44.0 Å². The van der Waals surface area contributed by atoms with Crippen LogP contribution in [0.25, 0.3) is 0 Å². The van der Waals surface area contributed by atoms with Gasteiger partial charge in [-0.2, -0.15) is 10.2 Å². The number of carbonyl (C=O) groups excluding carboxylic acids is 1. The quantitative estimate of drug-likeness (QED) is 0.459. The minimum Gasteiger partial charge on any atom is -0.272 e. The molecule has 0 unspecified atom stereocenters. The minimum absolute atomic E-state index is 0.0391. The molecule has 0 aliphatic carbocycles. The monoisotopic (exact) mass is 351 g/mol. The Bertz CT molecular complexity index is 889. The number of hydrazone groups is 1. The molecule has 0 atom stereocenters. The molecule has 1 aromatic carbocycles. The molecule has 0 aliphatic rings. The number of benzene rings is 1. The van der Waals surface area contributed by atoms with Crippen LogP contribution in [0.4, 0.5) is 4.39 Å². The maximum Gasteiger partial charge on any atom is 0.346 e. The van der Waals surface area contributed by atoms with Gasteiger partial charge in [-0.15, -0.1) is 0 Å². The summed E-state index contributed by atoms with van der Waals surface area (Å²) in [5.74, 6) is -0.906. The Labute approximate surface area is 140 Å². The zero-order valence-corrected chi connectivity index (χ0v) is 13.7. The first kappa shape index (κ1) is 17.6. The van der Waals surface area contributed by atoms with Crippen molar-refractivity contribution in [2.45, 2.75) is 5.03 Å². The van der Waals surface area contributed by atoms with Crippen molar-refractivity contribution >= 4 is 23.9 Å². The molecule has 126 valence electrons. The zero-order chi connectivity index (χ0) is 17.7. The standard InChI is InChI=1S/C14H14FN5O3S/c1-19-13(22)12(18-20(2)14(19)23)24-8-11(21)17-16-7-9-3-5-10(15)6-4-9/h3-7H,8H2,1-2H3,(H,17,21)/b16-7-. The number of nitrogens with zero attached hydrogens (tertiary/aromatic N) is 4. The molecule has 1 N–H and O–H groups in total. The third-order valence-electron chi connectivity index (χ3n) is 2.91. The highest BCUT2D eigenvalue weighted by Crippen LogP contribution is 2.08. The third kappa shape index (κ3) is 4.38. The van der Waals surface area contributed by atoms with E-state index in [9.17, 15) is 18.8 Å². The van der Waals surface area contributed by atoms with E-state index in [0.717, 1.165) is 21.0 Å². The van der Waals surface area contributed by atoms with Gasteiger partial charge in [-0.3, -0.25) is 14.2 Å². The van der Waals surface area contributed by atoms with Crippen LogP contribution < -0.4 is 16.7 Å². The highest BCUT2D eigenvalue weighted by Gasteiger charge is 2.11. The fourth-order valence-corrected chi connectivity index (χ4v) is 2.43. The van der Waals surface area contributed by atoms with Gasteiger partial charge >= 0.3 is 5.69 Å². The summed E-state index contributed by atoms with van der Waals surface area (Å²) in [5.41, 5.74) is 1.80. The Morgan fingerprint density at radius 1 is 1.33 bits per heavy atom. The fraction of sp³-hybridized carbons (Fsp3) is 0.214. The van der Waals surface area contributed by atoms with Crippen molar-refractivity contribution in [3.63, 3.8) is 0 Å². The summed E-state index contributed by atoms with van der Waals surface area (Å²) in [6.07, 6.45) is 1.37. The fourth-order valence-electron chi connectivity index (χ4n) is 1.65. The summed E-state index contributed by atoms with van der Waals surface area (Å²) >= 11 is 0.901. The van der Waals surface area contributed by atoms with Gasteiger partial charge in [0.2, 0.25) is 5.91 Å². The molecule has 10 heteroatoms. The Kier molecular flexibility index (Phi) is 5.64. The smallest absolute Gasteiger partial charge is 0.272 e. The van der Waals surface area contributed by atoms with Crippen LogP contribution in [0.5, 0.6) is 0 Å². The second-order valence-corrected chi connectivity index (χ2v) is 5.67. The van der Waals surface area contributed by atoms with Gasteiger partial charge in [-0.1, -0.05) is 23.9 Å². The summed E-state index contributed by atoms with van der Waals surface area (Å²) in [7, 11) is 2.75. The average molecular weight is 351 g/mol. The molecule has 0 spiro atoms. The summed E-state index contributed by atoms with van der Waals surface area (Å²) in [6.45, 7) is 0. The maximum absolute atomic E-state index is 12.7. The Hall–Kier alpha value is -2.75. The molecule has 2 aromatic rings. The lowest BCUT2D eigenvalue weighted by molar-refractivity contribution is -0.118. The van der Waals surface area contributed by atoms with Gasteiger partial charge in [0.1, 0.15) is 5.82 Å². The van der Waals surface area contributed by atoms with Crippen molar-refractivity contribution in [1.29, 1.82) is 0 Å². The summed E-state index contributed by atoms with van der Waals surface area (Å²) in [6, 6.07) is 5.58. The van der Waals surface area contributed by atoms with E-state index in [0.29, 0.717) is 5.56 Å². The molecular weight excluding hydrogens is 337 g/mol. The van der Waals surface area contributed by atoms with Gasteiger partial charge in [0.15, 0.2) is 5.03 Å². The Balaban J connectivity index is 1.93. The molecule has 1 heterocycles. The van der Waals surface area contributed by atoms with Crippen LogP contribution in [0.3, 0.4) is 0 Å². The van der Waals surface area contributed by atoms with Crippen LogP contribution in [0, 0.1) is 5.82 Å². The van der Waals surface area contributed by atoms with E-state index in [1.165, 1.54) is 44.6 Å². The molecule has 0 bridgehead atoms. The number of aromatic nitrogens is 3. The maximum atomic E-state index is 12.7. The number of carbonyl (C=O) groups is 1. The first-order chi connectivity index (χ1) is 11.4. The molecule has 2 rings (SSSR count). The topological polar surface area (TPSA) is 98.3 Å². The molecule has 0 aliphatic heterocycles. The van der Waals surface area contributed by atoms with Crippen molar-refractivity contribution in [2.24, 2.45) is 19.2 Å². The van der Waals surface area contributed by atoms with Crippen LogP contribution in [0.2, 0.25) is 0 Å². The zero-order valence-electron chi connectivity index (χ0n) is 12.9. The number of nitrogens with one attached hydrogen (secondary N) is 1. The molecular formula is C14H14FN5O3S. The van der Waals surface area contributed by atoms with Gasteiger partial charge in [0, 0.05) is 14.1 Å². The van der Waals surface area contributed by atoms with Gasteiger partial charge < -0.3 is 0 Å². The van der Waals surface area contributed by atoms with Crippen molar-refractivity contribution in [3.8, 4) is 0 Å². The number of amides is 1. The lowest BCUT2D eigenvalue weighted by atomic mass is 10.2. The predicted octanol–water partition coefficient (Wildman–Crippen LogP) is -0.139. The van der Waals surface area contributed by atoms with E-state index in [1.54, 1.807) is 0 Å². The van der Waals surface area contributed by atoms with Gasteiger partial charge in [-0.05, 0) is 17.7 Å². The normalized spacial score (nSPS) is 11.0. The lowest BCUT2D eigenvalue weighted by Gasteiger charge is -2.04. The molecule has 1 aromatic heterocycles. The number of rotatable bonds is 5. The van der Waals surface area contributed by atoms with E-state index in [-0.39, 0.29) is 16.6 Å². The van der Waals surface area contributed by atoms with Crippen LogP contribution in [0.1, 0.15) is 5.56 Å². The average Bonchev–Trinajstić information content (AvgIpc) is 2.57. The van der Waals surface area contributed by atoms with Crippen molar-refractivity contribution < 1.29 is 9.18 Å². The van der Waals surface area contributed by atoms with Gasteiger partial charge in [0.05, 0.1) is 12.0 Å². The predicted molar refractivity (Wildman–Crippen MR) is 87.6 cm³/mol. The number of aryl methyl sites for hydroxylation is 1. The van der Waals surface area contributed by atoms with E-state index in [4.69, 9.17) is 0 Å². The summed E-state index contributed by atoms with van der Waals surface area (Å²) in [5, 5.41) is 7.60. The third-order valence-corrected chi connectivity index (χ3v) is 3.84. The molecule has 0 fully saturated rings. The second-order valence-electron chi connectivity index (χ2n) is 4.71.